The second-order valence-electron chi connectivity index (χ2n) is 4.92. The van der Waals surface area contributed by atoms with Crippen LogP contribution in [-0.4, -0.2) is 31.5 Å². The Morgan fingerprint density at radius 2 is 2.00 bits per heavy atom. The second-order valence-corrected chi connectivity index (χ2v) is 4.92. The summed E-state index contributed by atoms with van der Waals surface area (Å²) in [6.45, 7) is 0.514. The van der Waals surface area contributed by atoms with Crippen molar-refractivity contribution in [3.63, 3.8) is 0 Å². The molecule has 0 fully saturated rings. The molecule has 5 nitrogen and oxygen atoms in total. The van der Waals surface area contributed by atoms with Crippen LogP contribution in [0.15, 0.2) is 42.6 Å². The summed E-state index contributed by atoms with van der Waals surface area (Å²) in [6.07, 6.45) is 2.38. The van der Waals surface area contributed by atoms with Crippen molar-refractivity contribution in [1.29, 1.82) is 0 Å². The summed E-state index contributed by atoms with van der Waals surface area (Å²) < 4.78 is 0. The maximum Gasteiger partial charge on any atom is 0.256 e. The number of hydrogen-bond acceptors (Lipinski definition) is 4. The van der Waals surface area contributed by atoms with E-state index in [9.17, 15) is 4.79 Å². The van der Waals surface area contributed by atoms with Gasteiger partial charge in [-0.3, -0.25) is 4.79 Å². The Balaban J connectivity index is 2.27. The van der Waals surface area contributed by atoms with E-state index in [2.05, 4.69) is 10.3 Å². The SMILES string of the molecule is CN(C)c1ncccc1NC(=O)c1ccccc1CCN. The highest BCUT2D eigenvalue weighted by Crippen LogP contribution is 2.21. The predicted molar refractivity (Wildman–Crippen MR) is 85.7 cm³/mol. The lowest BCUT2D eigenvalue weighted by molar-refractivity contribution is 0.102. The van der Waals surface area contributed by atoms with Gasteiger partial charge in [0.25, 0.3) is 5.91 Å². The van der Waals surface area contributed by atoms with E-state index in [1.807, 2.05) is 49.3 Å². The first-order chi connectivity index (χ1) is 10.1. The van der Waals surface area contributed by atoms with Crippen molar-refractivity contribution in [3.05, 3.63) is 53.7 Å². The molecule has 0 atom stereocenters. The molecule has 110 valence electrons. The van der Waals surface area contributed by atoms with Gasteiger partial charge in [0, 0.05) is 25.9 Å². The molecular weight excluding hydrogens is 264 g/mol. The number of pyridine rings is 1. The van der Waals surface area contributed by atoms with E-state index in [0.717, 1.165) is 11.4 Å². The second kappa shape index (κ2) is 6.85. The molecule has 1 heterocycles. The molecule has 0 aliphatic carbocycles. The molecular formula is C16H20N4O. The average molecular weight is 284 g/mol. The van der Waals surface area contributed by atoms with Gasteiger partial charge in [0.1, 0.15) is 0 Å². The summed E-state index contributed by atoms with van der Waals surface area (Å²) in [5, 5.41) is 2.92. The van der Waals surface area contributed by atoms with Gasteiger partial charge in [0.2, 0.25) is 0 Å². The molecule has 0 aliphatic heterocycles. The standard InChI is InChI=1S/C16H20N4O/c1-20(2)15-14(8-5-11-18-15)19-16(21)13-7-4-3-6-12(13)9-10-17/h3-8,11H,9-10,17H2,1-2H3,(H,19,21). The van der Waals surface area contributed by atoms with Crippen molar-refractivity contribution >= 4 is 17.4 Å². The van der Waals surface area contributed by atoms with Crippen molar-refractivity contribution in [2.45, 2.75) is 6.42 Å². The van der Waals surface area contributed by atoms with E-state index in [0.29, 0.717) is 24.2 Å². The molecule has 1 aromatic carbocycles. The van der Waals surface area contributed by atoms with Gasteiger partial charge in [0.15, 0.2) is 5.82 Å². The van der Waals surface area contributed by atoms with Crippen molar-refractivity contribution in [2.24, 2.45) is 5.73 Å². The number of nitrogens with two attached hydrogens (primary N) is 1. The molecule has 3 N–H and O–H groups in total. The normalized spacial score (nSPS) is 10.2. The van der Waals surface area contributed by atoms with Crippen LogP contribution in [0.4, 0.5) is 11.5 Å². The Kier molecular flexibility index (Phi) is 4.90. The van der Waals surface area contributed by atoms with Crippen LogP contribution >= 0.6 is 0 Å². The van der Waals surface area contributed by atoms with Crippen LogP contribution in [0.25, 0.3) is 0 Å². The number of amides is 1. The van der Waals surface area contributed by atoms with Crippen LogP contribution < -0.4 is 16.0 Å². The molecule has 0 unspecified atom stereocenters. The molecule has 0 radical (unpaired) electrons. The molecule has 1 aromatic heterocycles. The summed E-state index contributed by atoms with van der Waals surface area (Å²) in [6, 6.07) is 11.1. The first-order valence-corrected chi connectivity index (χ1v) is 6.85. The summed E-state index contributed by atoms with van der Waals surface area (Å²) in [5.74, 6) is 0.581. The monoisotopic (exact) mass is 284 g/mol. The highest BCUT2D eigenvalue weighted by molar-refractivity contribution is 6.06. The Hall–Kier alpha value is -2.40. The van der Waals surface area contributed by atoms with E-state index in [1.54, 1.807) is 12.3 Å². The van der Waals surface area contributed by atoms with Gasteiger partial charge in [-0.2, -0.15) is 0 Å². The predicted octanol–water partition coefficient (Wildman–Crippen LogP) is 1.90. The van der Waals surface area contributed by atoms with Gasteiger partial charge in [0.05, 0.1) is 5.69 Å². The van der Waals surface area contributed by atoms with Crippen LogP contribution in [0, 0.1) is 0 Å². The molecule has 0 saturated carbocycles. The number of anilines is 2. The lowest BCUT2D eigenvalue weighted by atomic mass is 10.0. The fourth-order valence-corrected chi connectivity index (χ4v) is 2.16. The Bertz CT molecular complexity index is 625. The molecule has 0 saturated heterocycles. The Labute approximate surface area is 124 Å². The lowest BCUT2D eigenvalue weighted by Gasteiger charge is -2.17. The minimum absolute atomic E-state index is 0.143. The minimum atomic E-state index is -0.143. The van der Waals surface area contributed by atoms with Crippen LogP contribution in [0.3, 0.4) is 0 Å². The fourth-order valence-electron chi connectivity index (χ4n) is 2.16. The quantitative estimate of drug-likeness (QED) is 0.879. The number of rotatable bonds is 5. The molecule has 0 spiro atoms. The number of nitrogens with one attached hydrogen (secondary N) is 1. The molecule has 21 heavy (non-hydrogen) atoms. The minimum Gasteiger partial charge on any atom is -0.361 e. The van der Waals surface area contributed by atoms with E-state index in [-0.39, 0.29) is 5.91 Å². The third kappa shape index (κ3) is 3.58. The van der Waals surface area contributed by atoms with E-state index in [4.69, 9.17) is 5.73 Å². The fraction of sp³-hybridized carbons (Fsp3) is 0.250. The van der Waals surface area contributed by atoms with E-state index in [1.165, 1.54) is 0 Å². The number of nitrogens with zero attached hydrogens (tertiary/aromatic N) is 2. The van der Waals surface area contributed by atoms with Gasteiger partial charge < -0.3 is 16.0 Å². The summed E-state index contributed by atoms with van der Waals surface area (Å²) in [7, 11) is 3.78. The van der Waals surface area contributed by atoms with E-state index < -0.39 is 0 Å². The first kappa shape index (κ1) is 15.0. The topological polar surface area (TPSA) is 71.2 Å². The Morgan fingerprint density at radius 3 is 2.71 bits per heavy atom. The highest BCUT2D eigenvalue weighted by atomic mass is 16.1. The van der Waals surface area contributed by atoms with Crippen molar-refractivity contribution in [3.8, 4) is 0 Å². The zero-order chi connectivity index (χ0) is 15.2. The summed E-state index contributed by atoms with van der Waals surface area (Å²) in [5.41, 5.74) is 7.89. The van der Waals surface area contributed by atoms with Crippen LogP contribution in [0.2, 0.25) is 0 Å². The molecule has 0 aliphatic rings. The number of hydrogen-bond donors (Lipinski definition) is 2. The van der Waals surface area contributed by atoms with Crippen LogP contribution in [0.5, 0.6) is 0 Å². The highest BCUT2D eigenvalue weighted by Gasteiger charge is 2.13. The molecule has 0 bridgehead atoms. The largest absolute Gasteiger partial charge is 0.361 e. The van der Waals surface area contributed by atoms with Crippen LogP contribution in [-0.2, 0) is 6.42 Å². The molecule has 5 heteroatoms. The summed E-state index contributed by atoms with van der Waals surface area (Å²) >= 11 is 0. The smallest absolute Gasteiger partial charge is 0.256 e. The zero-order valence-electron chi connectivity index (χ0n) is 12.3. The lowest BCUT2D eigenvalue weighted by Crippen LogP contribution is -2.19. The average Bonchev–Trinajstić information content (AvgIpc) is 2.48. The first-order valence-electron chi connectivity index (χ1n) is 6.85. The number of carbonyl (C=O) groups is 1. The third-order valence-electron chi connectivity index (χ3n) is 3.13. The van der Waals surface area contributed by atoms with Gasteiger partial charge in [-0.05, 0) is 36.7 Å². The molecule has 2 rings (SSSR count). The number of benzene rings is 1. The van der Waals surface area contributed by atoms with Gasteiger partial charge in [-0.25, -0.2) is 4.98 Å². The maximum atomic E-state index is 12.5. The van der Waals surface area contributed by atoms with E-state index >= 15 is 0 Å². The maximum absolute atomic E-state index is 12.5. The summed E-state index contributed by atoms with van der Waals surface area (Å²) in [4.78, 5) is 18.6. The molecule has 1 amide bonds. The van der Waals surface area contributed by atoms with Crippen molar-refractivity contribution < 1.29 is 4.79 Å². The Morgan fingerprint density at radius 1 is 1.24 bits per heavy atom. The van der Waals surface area contributed by atoms with Gasteiger partial charge in [-0.1, -0.05) is 18.2 Å². The van der Waals surface area contributed by atoms with Gasteiger partial charge >= 0.3 is 0 Å². The zero-order valence-corrected chi connectivity index (χ0v) is 12.3. The third-order valence-corrected chi connectivity index (χ3v) is 3.13. The molecule has 2 aromatic rings. The van der Waals surface area contributed by atoms with Crippen molar-refractivity contribution in [2.75, 3.05) is 30.9 Å². The number of carbonyl (C=O) groups excluding carboxylic acids is 1. The van der Waals surface area contributed by atoms with Crippen LogP contribution in [0.1, 0.15) is 15.9 Å². The van der Waals surface area contributed by atoms with Gasteiger partial charge in [-0.15, -0.1) is 0 Å². The number of aromatic nitrogens is 1. The van der Waals surface area contributed by atoms with Crippen molar-refractivity contribution in [1.82, 2.24) is 4.98 Å².